The molecule has 2 aliphatic rings. The summed E-state index contributed by atoms with van der Waals surface area (Å²) < 4.78 is 10.0. The fourth-order valence-electron chi connectivity index (χ4n) is 4.73. The van der Waals surface area contributed by atoms with Crippen molar-refractivity contribution in [2.45, 2.75) is 38.2 Å². The Balaban J connectivity index is 1.23. The van der Waals surface area contributed by atoms with Crippen LogP contribution in [-0.4, -0.2) is 68.5 Å². The van der Waals surface area contributed by atoms with E-state index in [1.54, 1.807) is 0 Å². The second kappa shape index (κ2) is 10.0. The van der Waals surface area contributed by atoms with Crippen LogP contribution in [0.4, 0.5) is 0 Å². The van der Waals surface area contributed by atoms with Gasteiger partial charge in [0.05, 0.1) is 25.4 Å². The van der Waals surface area contributed by atoms with E-state index >= 15 is 0 Å². The third kappa shape index (κ3) is 4.83. The Morgan fingerprint density at radius 3 is 2.09 bits per heavy atom. The Hall–Kier alpha value is -2.39. The lowest BCUT2D eigenvalue weighted by Crippen LogP contribution is -2.48. The monoisotopic (exact) mass is 450 g/mol. The Morgan fingerprint density at radius 1 is 0.875 bits per heavy atom. The number of benzene rings is 2. The molecule has 1 aromatic heterocycles. The molecule has 0 unspecified atom stereocenters. The van der Waals surface area contributed by atoms with Crippen LogP contribution in [-0.2, 0) is 18.0 Å². The standard InChI is InChI=1S/C24H30N6OS/c32-24-29(18-22-12-7-17-31-22)25-26-30(24)19-27-13-15-28(16-14-27)23(20-8-3-1-4-9-20)21-10-5-2-6-11-21/h1-6,8-11,22-23H,7,12-19H2/t22-/m0/s1. The van der Waals surface area contributed by atoms with Gasteiger partial charge in [-0.15, -0.1) is 0 Å². The van der Waals surface area contributed by atoms with E-state index in [1.807, 2.05) is 9.36 Å². The topological polar surface area (TPSA) is 51.4 Å². The van der Waals surface area contributed by atoms with Crippen molar-refractivity contribution < 1.29 is 4.74 Å². The predicted octanol–water partition coefficient (Wildman–Crippen LogP) is 3.35. The minimum Gasteiger partial charge on any atom is -0.376 e. The second-order valence-corrected chi connectivity index (χ2v) is 8.96. The van der Waals surface area contributed by atoms with Crippen LogP contribution in [0.2, 0.25) is 0 Å². The lowest BCUT2D eigenvalue weighted by molar-refractivity contribution is 0.0834. The van der Waals surface area contributed by atoms with Gasteiger partial charge >= 0.3 is 0 Å². The fourth-order valence-corrected chi connectivity index (χ4v) is 4.93. The van der Waals surface area contributed by atoms with Crippen molar-refractivity contribution in [1.82, 2.24) is 29.6 Å². The molecular formula is C24H30N6OS. The van der Waals surface area contributed by atoms with E-state index < -0.39 is 0 Å². The van der Waals surface area contributed by atoms with Gasteiger partial charge in [-0.1, -0.05) is 60.7 Å². The first kappa shape index (κ1) is 21.5. The molecule has 3 aromatic rings. The van der Waals surface area contributed by atoms with Gasteiger partial charge in [-0.3, -0.25) is 9.80 Å². The summed E-state index contributed by atoms with van der Waals surface area (Å²) in [7, 11) is 0. The molecule has 2 saturated heterocycles. The summed E-state index contributed by atoms with van der Waals surface area (Å²) in [6.07, 6.45) is 2.40. The zero-order valence-electron chi connectivity index (χ0n) is 18.3. The molecule has 5 rings (SSSR count). The molecule has 1 atom stereocenters. The van der Waals surface area contributed by atoms with Gasteiger partial charge in [-0.25, -0.2) is 9.36 Å². The second-order valence-electron chi connectivity index (χ2n) is 8.60. The lowest BCUT2D eigenvalue weighted by atomic mass is 9.96. The van der Waals surface area contributed by atoms with Gasteiger partial charge in [-0.05, 0) is 46.6 Å². The van der Waals surface area contributed by atoms with Crippen LogP contribution in [0.3, 0.4) is 0 Å². The number of ether oxygens (including phenoxy) is 1. The Bertz CT molecular complexity index is 1000. The van der Waals surface area contributed by atoms with E-state index in [-0.39, 0.29) is 12.1 Å². The first-order chi connectivity index (χ1) is 15.8. The summed E-state index contributed by atoms with van der Waals surface area (Å²) in [5, 5.41) is 8.59. The third-order valence-corrected chi connectivity index (χ3v) is 6.86. The van der Waals surface area contributed by atoms with Gasteiger partial charge in [0, 0.05) is 32.8 Å². The quantitative estimate of drug-likeness (QED) is 0.515. The van der Waals surface area contributed by atoms with Gasteiger partial charge in [-0.2, -0.15) is 0 Å². The van der Waals surface area contributed by atoms with E-state index in [0.717, 1.165) is 45.6 Å². The summed E-state index contributed by atoms with van der Waals surface area (Å²) in [5.74, 6) is 0. The molecule has 0 aliphatic carbocycles. The van der Waals surface area contributed by atoms with E-state index in [4.69, 9.17) is 17.0 Å². The number of aromatic nitrogens is 4. The van der Waals surface area contributed by atoms with Gasteiger partial charge in [0.1, 0.15) is 0 Å². The van der Waals surface area contributed by atoms with Crippen molar-refractivity contribution >= 4 is 12.2 Å². The minimum atomic E-state index is 0.211. The Kier molecular flexibility index (Phi) is 6.73. The third-order valence-electron chi connectivity index (χ3n) is 6.43. The highest BCUT2D eigenvalue weighted by atomic mass is 32.1. The normalized spacial score (nSPS) is 20.2. The van der Waals surface area contributed by atoms with Crippen molar-refractivity contribution in [3.05, 3.63) is 76.6 Å². The molecular weight excluding hydrogens is 420 g/mol. The zero-order chi connectivity index (χ0) is 21.8. The molecule has 8 heteroatoms. The van der Waals surface area contributed by atoms with Crippen molar-refractivity contribution in [2.75, 3.05) is 32.8 Å². The SMILES string of the molecule is S=c1n(C[C@@H]2CCCO2)nnn1CN1CCN(C(c2ccccc2)c2ccccc2)CC1. The smallest absolute Gasteiger partial charge is 0.217 e. The Morgan fingerprint density at radius 2 is 1.50 bits per heavy atom. The molecule has 0 spiro atoms. The van der Waals surface area contributed by atoms with E-state index in [9.17, 15) is 0 Å². The van der Waals surface area contributed by atoms with E-state index in [1.165, 1.54) is 11.1 Å². The highest BCUT2D eigenvalue weighted by molar-refractivity contribution is 7.71. The fraction of sp³-hybridized carbons (Fsp3) is 0.458. The number of hydrogen-bond donors (Lipinski definition) is 0. The van der Waals surface area contributed by atoms with Crippen molar-refractivity contribution in [2.24, 2.45) is 0 Å². The predicted molar refractivity (Wildman–Crippen MR) is 126 cm³/mol. The van der Waals surface area contributed by atoms with Gasteiger partial charge in [0.25, 0.3) is 0 Å². The molecule has 7 nitrogen and oxygen atoms in total. The van der Waals surface area contributed by atoms with Crippen LogP contribution in [0.25, 0.3) is 0 Å². The maximum Gasteiger partial charge on any atom is 0.217 e. The average Bonchev–Trinajstić information content (AvgIpc) is 3.48. The molecule has 3 heterocycles. The van der Waals surface area contributed by atoms with Gasteiger partial charge < -0.3 is 4.74 Å². The summed E-state index contributed by atoms with van der Waals surface area (Å²) in [6.45, 7) is 6.13. The first-order valence-corrected chi connectivity index (χ1v) is 11.9. The van der Waals surface area contributed by atoms with Crippen LogP contribution in [0.5, 0.6) is 0 Å². The minimum absolute atomic E-state index is 0.211. The zero-order valence-corrected chi connectivity index (χ0v) is 19.1. The highest BCUT2D eigenvalue weighted by Gasteiger charge is 2.27. The number of piperazine rings is 1. The maximum absolute atomic E-state index is 5.72. The highest BCUT2D eigenvalue weighted by Crippen LogP contribution is 2.29. The molecule has 0 N–H and O–H groups in total. The molecule has 168 valence electrons. The first-order valence-electron chi connectivity index (χ1n) is 11.5. The molecule has 0 bridgehead atoms. The number of rotatable bonds is 7. The van der Waals surface area contributed by atoms with Gasteiger partial charge in [0.2, 0.25) is 4.77 Å². The average molecular weight is 451 g/mol. The van der Waals surface area contributed by atoms with E-state index in [2.05, 4.69) is 80.9 Å². The van der Waals surface area contributed by atoms with Crippen molar-refractivity contribution in [1.29, 1.82) is 0 Å². The van der Waals surface area contributed by atoms with Crippen molar-refractivity contribution in [3.8, 4) is 0 Å². The summed E-state index contributed by atoms with van der Waals surface area (Å²) >= 11 is 5.63. The summed E-state index contributed by atoms with van der Waals surface area (Å²) in [6, 6.07) is 21.9. The summed E-state index contributed by atoms with van der Waals surface area (Å²) in [4.78, 5) is 4.99. The molecule has 2 aliphatic heterocycles. The van der Waals surface area contributed by atoms with Crippen LogP contribution >= 0.6 is 12.2 Å². The van der Waals surface area contributed by atoms with Crippen LogP contribution in [0.15, 0.2) is 60.7 Å². The molecule has 2 fully saturated rings. The summed E-state index contributed by atoms with van der Waals surface area (Å²) in [5.41, 5.74) is 2.68. The lowest BCUT2D eigenvalue weighted by Gasteiger charge is -2.39. The maximum atomic E-state index is 5.72. The number of nitrogens with zero attached hydrogens (tertiary/aromatic N) is 6. The molecule has 0 saturated carbocycles. The van der Waals surface area contributed by atoms with Crippen molar-refractivity contribution in [3.63, 3.8) is 0 Å². The molecule has 2 aromatic carbocycles. The molecule has 0 amide bonds. The van der Waals surface area contributed by atoms with E-state index in [0.29, 0.717) is 18.0 Å². The molecule has 32 heavy (non-hydrogen) atoms. The number of hydrogen-bond acceptors (Lipinski definition) is 6. The van der Waals surface area contributed by atoms with Crippen LogP contribution < -0.4 is 0 Å². The largest absolute Gasteiger partial charge is 0.376 e. The van der Waals surface area contributed by atoms with Gasteiger partial charge in [0.15, 0.2) is 0 Å². The molecule has 0 radical (unpaired) electrons. The Labute approximate surface area is 194 Å². The van der Waals surface area contributed by atoms with Crippen LogP contribution in [0.1, 0.15) is 30.0 Å². The number of tetrazole rings is 1. The van der Waals surface area contributed by atoms with Crippen LogP contribution in [0, 0.1) is 4.77 Å².